The standard InChI is InChI=1S/C9H17NS/c1-2-9(3-6-10-5-1)4-7-11-8-9/h10H,1-8H2. The molecule has 11 heavy (non-hydrogen) atoms. The maximum Gasteiger partial charge on any atom is -0.00100 e. The fourth-order valence-electron chi connectivity index (χ4n) is 2.24. The Hall–Kier alpha value is 0.310. The van der Waals surface area contributed by atoms with Crippen molar-refractivity contribution in [3.8, 4) is 0 Å². The van der Waals surface area contributed by atoms with Gasteiger partial charge < -0.3 is 5.32 Å². The van der Waals surface area contributed by atoms with Crippen LogP contribution >= 0.6 is 11.8 Å². The van der Waals surface area contributed by atoms with Crippen LogP contribution in [0.1, 0.15) is 25.7 Å². The highest BCUT2D eigenvalue weighted by molar-refractivity contribution is 7.99. The third-order valence-electron chi connectivity index (χ3n) is 3.08. The lowest BCUT2D eigenvalue weighted by Gasteiger charge is -2.25. The van der Waals surface area contributed by atoms with E-state index in [0.29, 0.717) is 0 Å². The minimum absolute atomic E-state index is 0.758. The lowest BCUT2D eigenvalue weighted by atomic mass is 9.80. The highest BCUT2D eigenvalue weighted by Gasteiger charge is 2.34. The van der Waals surface area contributed by atoms with Crippen LogP contribution in [0.5, 0.6) is 0 Å². The molecule has 1 spiro atoms. The highest BCUT2D eigenvalue weighted by Crippen LogP contribution is 2.43. The van der Waals surface area contributed by atoms with Crippen molar-refractivity contribution in [2.24, 2.45) is 5.41 Å². The molecule has 64 valence electrons. The number of hydrogen-bond donors (Lipinski definition) is 1. The molecule has 0 saturated carbocycles. The Labute approximate surface area is 73.3 Å². The van der Waals surface area contributed by atoms with Gasteiger partial charge in [-0.15, -0.1) is 0 Å². The SMILES string of the molecule is C1CNCCC2(C1)CCSC2. The van der Waals surface area contributed by atoms with Crippen LogP contribution in [0.2, 0.25) is 0 Å². The monoisotopic (exact) mass is 171 g/mol. The quantitative estimate of drug-likeness (QED) is 0.597. The molecule has 2 heterocycles. The first kappa shape index (κ1) is 7.93. The van der Waals surface area contributed by atoms with E-state index in [-0.39, 0.29) is 0 Å². The Morgan fingerprint density at radius 2 is 2.09 bits per heavy atom. The van der Waals surface area contributed by atoms with E-state index in [1.54, 1.807) is 0 Å². The van der Waals surface area contributed by atoms with Crippen molar-refractivity contribution in [1.29, 1.82) is 0 Å². The Morgan fingerprint density at radius 3 is 2.91 bits per heavy atom. The van der Waals surface area contributed by atoms with E-state index in [1.807, 2.05) is 0 Å². The Kier molecular flexibility index (Phi) is 2.42. The molecule has 0 aromatic carbocycles. The summed E-state index contributed by atoms with van der Waals surface area (Å²) in [4.78, 5) is 0. The second-order valence-corrected chi connectivity index (χ2v) is 5.01. The van der Waals surface area contributed by atoms with Crippen molar-refractivity contribution in [1.82, 2.24) is 5.32 Å². The van der Waals surface area contributed by atoms with Crippen LogP contribution in [0.4, 0.5) is 0 Å². The van der Waals surface area contributed by atoms with E-state index in [2.05, 4.69) is 17.1 Å². The van der Waals surface area contributed by atoms with Crippen LogP contribution in [0.25, 0.3) is 0 Å². The molecule has 2 aliphatic rings. The first-order valence-corrected chi connectivity index (χ1v) is 5.85. The normalized spacial score (nSPS) is 39.3. The fraction of sp³-hybridized carbons (Fsp3) is 1.00. The van der Waals surface area contributed by atoms with Crippen LogP contribution in [0.3, 0.4) is 0 Å². The summed E-state index contributed by atoms with van der Waals surface area (Å²) in [5, 5.41) is 3.49. The molecule has 1 unspecified atom stereocenters. The lowest BCUT2D eigenvalue weighted by Crippen LogP contribution is -2.22. The highest BCUT2D eigenvalue weighted by atomic mass is 32.2. The van der Waals surface area contributed by atoms with Crippen molar-refractivity contribution >= 4 is 11.8 Å². The molecular formula is C9H17NS. The van der Waals surface area contributed by atoms with Gasteiger partial charge in [-0.25, -0.2) is 0 Å². The molecule has 2 rings (SSSR count). The topological polar surface area (TPSA) is 12.0 Å². The molecule has 1 atom stereocenters. The van der Waals surface area contributed by atoms with Crippen molar-refractivity contribution in [3.63, 3.8) is 0 Å². The summed E-state index contributed by atoms with van der Waals surface area (Å²) < 4.78 is 0. The zero-order chi connectivity index (χ0) is 7.57. The summed E-state index contributed by atoms with van der Waals surface area (Å²) in [5.74, 6) is 2.86. The molecule has 0 amide bonds. The Bertz CT molecular complexity index is 120. The largest absolute Gasteiger partial charge is 0.317 e. The Morgan fingerprint density at radius 1 is 1.09 bits per heavy atom. The van der Waals surface area contributed by atoms with Crippen molar-refractivity contribution in [2.45, 2.75) is 25.7 Å². The minimum atomic E-state index is 0.758. The molecule has 0 aromatic rings. The number of hydrogen-bond acceptors (Lipinski definition) is 2. The molecule has 2 heteroatoms. The van der Waals surface area contributed by atoms with Crippen LogP contribution < -0.4 is 5.32 Å². The molecule has 0 aliphatic carbocycles. The molecule has 2 fully saturated rings. The maximum absolute atomic E-state index is 3.49. The third kappa shape index (κ3) is 1.73. The van der Waals surface area contributed by atoms with Gasteiger partial charge in [0.15, 0.2) is 0 Å². The average molecular weight is 171 g/mol. The third-order valence-corrected chi connectivity index (χ3v) is 4.39. The summed E-state index contributed by atoms with van der Waals surface area (Å²) in [6.45, 7) is 2.52. The van der Waals surface area contributed by atoms with E-state index in [0.717, 1.165) is 5.41 Å². The number of nitrogens with one attached hydrogen (secondary N) is 1. The zero-order valence-corrected chi connectivity index (χ0v) is 7.88. The van der Waals surface area contributed by atoms with Crippen LogP contribution in [-0.2, 0) is 0 Å². The predicted molar refractivity (Wildman–Crippen MR) is 51.1 cm³/mol. The van der Waals surface area contributed by atoms with E-state index >= 15 is 0 Å². The van der Waals surface area contributed by atoms with Gasteiger partial charge in [-0.05, 0) is 55.7 Å². The van der Waals surface area contributed by atoms with Crippen molar-refractivity contribution in [2.75, 3.05) is 24.6 Å². The summed E-state index contributed by atoms with van der Waals surface area (Å²) >= 11 is 2.16. The molecule has 1 nitrogen and oxygen atoms in total. The molecule has 1 N–H and O–H groups in total. The van der Waals surface area contributed by atoms with Crippen LogP contribution in [0, 0.1) is 5.41 Å². The summed E-state index contributed by atoms with van der Waals surface area (Å²) in [6.07, 6.45) is 5.80. The molecule has 0 aromatic heterocycles. The summed E-state index contributed by atoms with van der Waals surface area (Å²) in [7, 11) is 0. The smallest absolute Gasteiger partial charge is 0.00100 e. The van der Waals surface area contributed by atoms with Gasteiger partial charge in [-0.2, -0.15) is 11.8 Å². The van der Waals surface area contributed by atoms with Gasteiger partial charge in [0.25, 0.3) is 0 Å². The predicted octanol–water partition coefficient (Wildman–Crippen LogP) is 1.88. The molecular weight excluding hydrogens is 154 g/mol. The Balaban J connectivity index is 1.97. The van der Waals surface area contributed by atoms with Gasteiger partial charge in [-0.1, -0.05) is 0 Å². The van der Waals surface area contributed by atoms with E-state index in [4.69, 9.17) is 0 Å². The first-order chi connectivity index (χ1) is 5.41. The van der Waals surface area contributed by atoms with E-state index in [9.17, 15) is 0 Å². The number of rotatable bonds is 0. The van der Waals surface area contributed by atoms with Gasteiger partial charge in [0.1, 0.15) is 0 Å². The summed E-state index contributed by atoms with van der Waals surface area (Å²) in [6, 6.07) is 0. The minimum Gasteiger partial charge on any atom is -0.317 e. The second-order valence-electron chi connectivity index (χ2n) is 3.91. The zero-order valence-electron chi connectivity index (χ0n) is 7.07. The van der Waals surface area contributed by atoms with E-state index < -0.39 is 0 Å². The first-order valence-electron chi connectivity index (χ1n) is 4.70. The fourth-order valence-corrected chi connectivity index (χ4v) is 3.82. The van der Waals surface area contributed by atoms with Crippen LogP contribution in [-0.4, -0.2) is 24.6 Å². The van der Waals surface area contributed by atoms with Crippen molar-refractivity contribution < 1.29 is 0 Å². The second kappa shape index (κ2) is 3.36. The van der Waals surface area contributed by atoms with Gasteiger partial charge in [0.2, 0.25) is 0 Å². The average Bonchev–Trinajstić information content (AvgIpc) is 2.32. The van der Waals surface area contributed by atoms with Gasteiger partial charge in [0.05, 0.1) is 0 Å². The van der Waals surface area contributed by atoms with Crippen LogP contribution in [0.15, 0.2) is 0 Å². The number of thioether (sulfide) groups is 1. The van der Waals surface area contributed by atoms with Gasteiger partial charge in [0, 0.05) is 0 Å². The summed E-state index contributed by atoms with van der Waals surface area (Å²) in [5.41, 5.74) is 0.758. The lowest BCUT2D eigenvalue weighted by molar-refractivity contribution is 0.297. The molecule has 0 bridgehead atoms. The van der Waals surface area contributed by atoms with Crippen molar-refractivity contribution in [3.05, 3.63) is 0 Å². The van der Waals surface area contributed by atoms with Gasteiger partial charge in [-0.3, -0.25) is 0 Å². The van der Waals surface area contributed by atoms with Gasteiger partial charge >= 0.3 is 0 Å². The molecule has 2 saturated heterocycles. The molecule has 2 aliphatic heterocycles. The maximum atomic E-state index is 3.49. The van der Waals surface area contributed by atoms with E-state index in [1.165, 1.54) is 50.3 Å². The molecule has 0 radical (unpaired) electrons.